The quantitative estimate of drug-likeness (QED) is 0.620. The summed E-state index contributed by atoms with van der Waals surface area (Å²) in [7, 11) is 1.75. The summed E-state index contributed by atoms with van der Waals surface area (Å²) in [5.74, 6) is 6.31. The summed E-state index contributed by atoms with van der Waals surface area (Å²) in [6, 6.07) is 8.88. The molecule has 0 bridgehead atoms. The number of rotatable bonds is 6. The zero-order valence-electron chi connectivity index (χ0n) is 13.7. The summed E-state index contributed by atoms with van der Waals surface area (Å²) in [6.45, 7) is 10.9. The van der Waals surface area contributed by atoms with E-state index in [0.29, 0.717) is 5.92 Å². The Hall–Kier alpha value is -0.900. The molecule has 114 valence electrons. The van der Waals surface area contributed by atoms with E-state index in [1.54, 1.807) is 7.11 Å². The van der Waals surface area contributed by atoms with Crippen molar-refractivity contribution in [3.63, 3.8) is 0 Å². The molecule has 3 nitrogen and oxygen atoms in total. The van der Waals surface area contributed by atoms with Crippen LogP contribution >= 0.6 is 0 Å². The monoisotopic (exact) mass is 278 g/mol. The van der Waals surface area contributed by atoms with Crippen molar-refractivity contribution in [2.75, 3.05) is 7.11 Å². The molecule has 1 aromatic carbocycles. The molecule has 3 heteroatoms. The lowest BCUT2D eigenvalue weighted by molar-refractivity contribution is -0.0110. The molecule has 1 aromatic rings. The molecule has 0 aromatic heterocycles. The molecule has 0 aliphatic rings. The highest BCUT2D eigenvalue weighted by molar-refractivity contribution is 5.25. The molecule has 0 aliphatic carbocycles. The predicted molar refractivity (Wildman–Crippen MR) is 85.6 cm³/mol. The summed E-state index contributed by atoms with van der Waals surface area (Å²) in [5.41, 5.74) is 5.61. The minimum absolute atomic E-state index is 0.0453. The third-order valence-electron chi connectivity index (χ3n) is 3.79. The van der Waals surface area contributed by atoms with Gasteiger partial charge in [-0.1, -0.05) is 58.9 Å². The number of nitrogens with two attached hydrogens (primary N) is 1. The van der Waals surface area contributed by atoms with Gasteiger partial charge in [-0.15, -0.1) is 0 Å². The zero-order valence-corrected chi connectivity index (χ0v) is 13.7. The van der Waals surface area contributed by atoms with Gasteiger partial charge in [0.05, 0.1) is 12.1 Å². The van der Waals surface area contributed by atoms with Crippen molar-refractivity contribution in [2.24, 2.45) is 11.3 Å². The van der Waals surface area contributed by atoms with Crippen LogP contribution in [0, 0.1) is 5.41 Å². The molecule has 2 atom stereocenters. The van der Waals surface area contributed by atoms with E-state index >= 15 is 0 Å². The van der Waals surface area contributed by atoms with Crippen molar-refractivity contribution in [3.05, 3.63) is 35.4 Å². The van der Waals surface area contributed by atoms with Gasteiger partial charge < -0.3 is 4.74 Å². The fourth-order valence-electron chi connectivity index (χ4n) is 2.67. The van der Waals surface area contributed by atoms with Gasteiger partial charge in [0, 0.05) is 7.11 Å². The fraction of sp³-hybridized carbons (Fsp3) is 0.647. The Kier molecular flexibility index (Phi) is 6.18. The van der Waals surface area contributed by atoms with Crippen molar-refractivity contribution in [3.8, 4) is 0 Å². The lowest BCUT2D eigenvalue weighted by Crippen LogP contribution is -2.51. The Morgan fingerprint density at radius 2 is 1.70 bits per heavy atom. The third-order valence-corrected chi connectivity index (χ3v) is 3.79. The Bertz CT molecular complexity index is 392. The maximum Gasteiger partial charge on any atom is 0.0789 e. The van der Waals surface area contributed by atoms with Crippen LogP contribution in [0.4, 0.5) is 0 Å². The van der Waals surface area contributed by atoms with Gasteiger partial charge in [0.15, 0.2) is 0 Å². The SMILES string of the molecule is COC(C(Cc1ccc(C(C)C)cc1)NN)C(C)(C)C. The largest absolute Gasteiger partial charge is 0.379 e. The first-order valence-corrected chi connectivity index (χ1v) is 7.37. The maximum atomic E-state index is 5.74. The molecular weight excluding hydrogens is 248 g/mol. The van der Waals surface area contributed by atoms with Crippen LogP contribution in [0.3, 0.4) is 0 Å². The zero-order chi connectivity index (χ0) is 15.3. The predicted octanol–water partition coefficient (Wildman–Crippen LogP) is 3.25. The van der Waals surface area contributed by atoms with Gasteiger partial charge in [-0.25, -0.2) is 0 Å². The number of hydrazine groups is 1. The van der Waals surface area contributed by atoms with Gasteiger partial charge in [0.1, 0.15) is 0 Å². The topological polar surface area (TPSA) is 47.3 Å². The van der Waals surface area contributed by atoms with Gasteiger partial charge in [-0.05, 0) is 28.9 Å². The van der Waals surface area contributed by atoms with Crippen molar-refractivity contribution < 1.29 is 4.74 Å². The Morgan fingerprint density at radius 3 is 2.05 bits per heavy atom. The third kappa shape index (κ3) is 4.58. The van der Waals surface area contributed by atoms with Crippen LogP contribution in [0.2, 0.25) is 0 Å². The maximum absolute atomic E-state index is 5.74. The summed E-state index contributed by atoms with van der Waals surface area (Å²) in [5, 5.41) is 0. The van der Waals surface area contributed by atoms with Gasteiger partial charge in [-0.2, -0.15) is 0 Å². The normalized spacial score (nSPS) is 15.4. The molecule has 3 N–H and O–H groups in total. The molecule has 0 aliphatic heterocycles. The van der Waals surface area contributed by atoms with Crippen molar-refractivity contribution in [2.45, 2.75) is 59.1 Å². The number of hydrogen-bond donors (Lipinski definition) is 2. The highest BCUT2D eigenvalue weighted by Crippen LogP contribution is 2.26. The van der Waals surface area contributed by atoms with E-state index in [9.17, 15) is 0 Å². The van der Waals surface area contributed by atoms with E-state index in [0.717, 1.165) is 6.42 Å². The van der Waals surface area contributed by atoms with E-state index in [2.05, 4.69) is 64.3 Å². The van der Waals surface area contributed by atoms with Gasteiger partial charge in [0.2, 0.25) is 0 Å². The number of hydrogen-bond acceptors (Lipinski definition) is 3. The van der Waals surface area contributed by atoms with E-state index in [1.807, 2.05) is 0 Å². The van der Waals surface area contributed by atoms with Crippen molar-refractivity contribution in [1.82, 2.24) is 5.43 Å². The summed E-state index contributed by atoms with van der Waals surface area (Å²) in [6.07, 6.45) is 0.933. The van der Waals surface area contributed by atoms with Crippen LogP contribution in [-0.2, 0) is 11.2 Å². The highest BCUT2D eigenvalue weighted by Gasteiger charge is 2.31. The van der Waals surface area contributed by atoms with Crippen LogP contribution < -0.4 is 11.3 Å². The first-order chi connectivity index (χ1) is 9.29. The van der Waals surface area contributed by atoms with Gasteiger partial charge in [0.25, 0.3) is 0 Å². The molecule has 0 saturated heterocycles. The minimum Gasteiger partial charge on any atom is -0.379 e. The lowest BCUT2D eigenvalue weighted by atomic mass is 9.82. The second-order valence-corrected chi connectivity index (χ2v) is 6.90. The second kappa shape index (κ2) is 7.21. The lowest BCUT2D eigenvalue weighted by Gasteiger charge is -2.35. The summed E-state index contributed by atoms with van der Waals surface area (Å²) >= 11 is 0. The fourth-order valence-corrected chi connectivity index (χ4v) is 2.67. The highest BCUT2D eigenvalue weighted by atomic mass is 16.5. The van der Waals surface area contributed by atoms with E-state index in [1.165, 1.54) is 11.1 Å². The Morgan fingerprint density at radius 1 is 1.15 bits per heavy atom. The molecule has 0 heterocycles. The minimum atomic E-state index is 0.0453. The second-order valence-electron chi connectivity index (χ2n) is 6.90. The van der Waals surface area contributed by atoms with Crippen LogP contribution in [-0.4, -0.2) is 19.3 Å². The van der Waals surface area contributed by atoms with Crippen LogP contribution in [0.5, 0.6) is 0 Å². The van der Waals surface area contributed by atoms with Gasteiger partial charge >= 0.3 is 0 Å². The smallest absolute Gasteiger partial charge is 0.0789 e. The standard InChI is InChI=1S/C17H30N2O/c1-12(2)14-9-7-13(8-10-14)11-15(19-18)16(20-6)17(3,4)5/h7-10,12,15-16,19H,11,18H2,1-6H3. The Labute approximate surface area is 123 Å². The average molecular weight is 278 g/mol. The average Bonchev–Trinajstić information content (AvgIpc) is 2.37. The first kappa shape index (κ1) is 17.2. The van der Waals surface area contributed by atoms with Crippen LogP contribution in [0.15, 0.2) is 24.3 Å². The Balaban J connectivity index is 2.82. The number of methoxy groups -OCH3 is 1. The molecular formula is C17H30N2O. The molecule has 0 amide bonds. The van der Waals surface area contributed by atoms with E-state index < -0.39 is 0 Å². The molecule has 0 fully saturated rings. The molecule has 1 rings (SSSR count). The van der Waals surface area contributed by atoms with Crippen LogP contribution in [0.25, 0.3) is 0 Å². The summed E-state index contributed by atoms with van der Waals surface area (Å²) < 4.78 is 5.66. The van der Waals surface area contributed by atoms with E-state index in [-0.39, 0.29) is 17.6 Å². The van der Waals surface area contributed by atoms with Crippen molar-refractivity contribution in [1.29, 1.82) is 0 Å². The first-order valence-electron chi connectivity index (χ1n) is 7.37. The van der Waals surface area contributed by atoms with Crippen LogP contribution in [0.1, 0.15) is 51.7 Å². The number of ether oxygens (including phenoxy) is 1. The molecule has 20 heavy (non-hydrogen) atoms. The summed E-state index contributed by atoms with van der Waals surface area (Å²) in [4.78, 5) is 0. The number of nitrogens with one attached hydrogen (secondary N) is 1. The van der Waals surface area contributed by atoms with E-state index in [4.69, 9.17) is 10.6 Å². The molecule has 0 spiro atoms. The molecule has 0 saturated carbocycles. The molecule has 0 radical (unpaired) electrons. The van der Waals surface area contributed by atoms with Crippen molar-refractivity contribution >= 4 is 0 Å². The van der Waals surface area contributed by atoms with Gasteiger partial charge in [-0.3, -0.25) is 11.3 Å². The molecule has 2 unspecified atom stereocenters. The number of benzene rings is 1.